The molecule has 24 heavy (non-hydrogen) atoms. The average Bonchev–Trinajstić information content (AvgIpc) is 2.61. The van der Waals surface area contributed by atoms with Crippen molar-refractivity contribution in [3.8, 4) is 5.75 Å². The Bertz CT molecular complexity index is 607. The summed E-state index contributed by atoms with van der Waals surface area (Å²) >= 11 is 0. The molecule has 0 atom stereocenters. The Kier molecular flexibility index (Phi) is 7.88. The molecule has 0 saturated heterocycles. The standard InChI is InChI=1S/C21H26O3/c22-20-16-10-9-15-19(20)21(23)24-17-11-4-2-1-3-6-12-18-13-7-5-8-14-18/h5,7-10,13-16,22H,1-4,6,11-12,17H2. The average molecular weight is 326 g/mol. The van der Waals surface area contributed by atoms with Gasteiger partial charge in [-0.25, -0.2) is 4.79 Å². The van der Waals surface area contributed by atoms with E-state index in [0.717, 1.165) is 19.3 Å². The Morgan fingerprint density at radius 2 is 1.42 bits per heavy atom. The molecule has 0 saturated carbocycles. The molecule has 0 spiro atoms. The minimum atomic E-state index is -0.448. The van der Waals surface area contributed by atoms with Crippen LogP contribution in [0.4, 0.5) is 0 Å². The highest BCUT2D eigenvalue weighted by molar-refractivity contribution is 5.92. The molecule has 3 heteroatoms. The van der Waals surface area contributed by atoms with Crippen molar-refractivity contribution in [1.29, 1.82) is 0 Å². The van der Waals surface area contributed by atoms with Crippen LogP contribution >= 0.6 is 0 Å². The third kappa shape index (κ3) is 6.45. The minimum absolute atomic E-state index is 0.0269. The van der Waals surface area contributed by atoms with Crippen molar-refractivity contribution in [2.75, 3.05) is 6.61 Å². The Morgan fingerprint density at radius 3 is 2.17 bits per heavy atom. The fourth-order valence-corrected chi connectivity index (χ4v) is 2.67. The normalized spacial score (nSPS) is 10.5. The van der Waals surface area contributed by atoms with Crippen LogP contribution < -0.4 is 0 Å². The van der Waals surface area contributed by atoms with Gasteiger partial charge in [-0.05, 0) is 37.0 Å². The molecule has 0 fully saturated rings. The van der Waals surface area contributed by atoms with Gasteiger partial charge in [-0.1, -0.05) is 68.1 Å². The van der Waals surface area contributed by atoms with Gasteiger partial charge in [0.25, 0.3) is 0 Å². The van der Waals surface area contributed by atoms with Crippen molar-refractivity contribution in [3.63, 3.8) is 0 Å². The zero-order valence-electron chi connectivity index (χ0n) is 14.1. The molecule has 0 radical (unpaired) electrons. The number of rotatable bonds is 10. The van der Waals surface area contributed by atoms with Gasteiger partial charge in [0.2, 0.25) is 0 Å². The maximum absolute atomic E-state index is 11.8. The molecule has 0 heterocycles. The third-order valence-electron chi connectivity index (χ3n) is 4.06. The lowest BCUT2D eigenvalue weighted by Gasteiger charge is -2.06. The Hall–Kier alpha value is -2.29. The molecule has 2 aromatic rings. The molecule has 0 unspecified atom stereocenters. The lowest BCUT2D eigenvalue weighted by atomic mass is 10.1. The lowest BCUT2D eigenvalue weighted by Crippen LogP contribution is -2.06. The molecule has 0 aromatic heterocycles. The van der Waals surface area contributed by atoms with Crippen LogP contribution in [0, 0.1) is 0 Å². The number of benzene rings is 2. The van der Waals surface area contributed by atoms with Crippen molar-refractivity contribution in [2.45, 2.75) is 44.9 Å². The summed E-state index contributed by atoms with van der Waals surface area (Å²) in [6.07, 6.45) is 7.96. The summed E-state index contributed by atoms with van der Waals surface area (Å²) < 4.78 is 5.20. The number of esters is 1. The second kappa shape index (κ2) is 10.5. The fourth-order valence-electron chi connectivity index (χ4n) is 2.67. The van der Waals surface area contributed by atoms with E-state index < -0.39 is 5.97 Å². The van der Waals surface area contributed by atoms with Crippen LogP contribution in [-0.2, 0) is 11.2 Å². The van der Waals surface area contributed by atoms with Crippen LogP contribution in [0.5, 0.6) is 5.75 Å². The second-order valence-corrected chi connectivity index (χ2v) is 6.01. The van der Waals surface area contributed by atoms with E-state index in [1.54, 1.807) is 18.2 Å². The highest BCUT2D eigenvalue weighted by Crippen LogP contribution is 2.17. The van der Waals surface area contributed by atoms with Crippen LogP contribution in [-0.4, -0.2) is 17.7 Å². The van der Waals surface area contributed by atoms with Crippen molar-refractivity contribution in [1.82, 2.24) is 0 Å². The number of hydrogen-bond donors (Lipinski definition) is 1. The predicted octanol–water partition coefficient (Wildman–Crippen LogP) is 5.13. The van der Waals surface area contributed by atoms with E-state index in [-0.39, 0.29) is 11.3 Å². The van der Waals surface area contributed by atoms with E-state index in [1.165, 1.54) is 37.3 Å². The monoisotopic (exact) mass is 326 g/mol. The number of para-hydroxylation sites is 1. The summed E-state index contributed by atoms with van der Waals surface area (Å²) in [7, 11) is 0. The molecule has 3 nitrogen and oxygen atoms in total. The van der Waals surface area contributed by atoms with Gasteiger partial charge in [-0.3, -0.25) is 0 Å². The summed E-state index contributed by atoms with van der Waals surface area (Å²) in [5.74, 6) is -0.475. The summed E-state index contributed by atoms with van der Waals surface area (Å²) in [4.78, 5) is 11.8. The molecule has 0 aliphatic rings. The van der Waals surface area contributed by atoms with Crippen molar-refractivity contribution in [3.05, 3.63) is 65.7 Å². The molecule has 2 rings (SSSR count). The van der Waals surface area contributed by atoms with Crippen molar-refractivity contribution in [2.24, 2.45) is 0 Å². The largest absolute Gasteiger partial charge is 0.507 e. The van der Waals surface area contributed by atoms with E-state index in [2.05, 4.69) is 30.3 Å². The van der Waals surface area contributed by atoms with Gasteiger partial charge in [0.1, 0.15) is 11.3 Å². The first-order valence-electron chi connectivity index (χ1n) is 8.76. The van der Waals surface area contributed by atoms with Crippen molar-refractivity contribution < 1.29 is 14.6 Å². The topological polar surface area (TPSA) is 46.5 Å². The van der Waals surface area contributed by atoms with Gasteiger partial charge >= 0.3 is 5.97 Å². The number of phenolic OH excluding ortho intramolecular Hbond substituents is 1. The van der Waals surface area contributed by atoms with E-state index in [4.69, 9.17) is 4.74 Å². The molecule has 0 aliphatic heterocycles. The number of phenols is 1. The predicted molar refractivity (Wildman–Crippen MR) is 96.2 cm³/mol. The molecule has 1 N–H and O–H groups in total. The molecule has 0 aliphatic carbocycles. The highest BCUT2D eigenvalue weighted by Gasteiger charge is 2.10. The Morgan fingerprint density at radius 1 is 0.792 bits per heavy atom. The quantitative estimate of drug-likeness (QED) is 0.486. The zero-order chi connectivity index (χ0) is 17.0. The lowest BCUT2D eigenvalue weighted by molar-refractivity contribution is 0.0494. The van der Waals surface area contributed by atoms with Gasteiger partial charge in [-0.2, -0.15) is 0 Å². The Balaban J connectivity index is 1.47. The first-order chi connectivity index (χ1) is 11.8. The SMILES string of the molecule is O=C(OCCCCCCCCc1ccccc1)c1ccccc1O. The van der Waals surface area contributed by atoms with E-state index in [1.807, 2.05) is 0 Å². The summed E-state index contributed by atoms with van der Waals surface area (Å²) in [6.45, 7) is 0.414. The summed E-state index contributed by atoms with van der Waals surface area (Å²) in [6, 6.07) is 17.1. The zero-order valence-corrected chi connectivity index (χ0v) is 14.1. The van der Waals surface area contributed by atoms with Crippen LogP contribution in [0.2, 0.25) is 0 Å². The molecule has 0 amide bonds. The first kappa shape index (κ1) is 18.1. The van der Waals surface area contributed by atoms with Gasteiger partial charge in [0.05, 0.1) is 6.61 Å². The van der Waals surface area contributed by atoms with E-state index in [9.17, 15) is 9.90 Å². The molecular weight excluding hydrogens is 300 g/mol. The smallest absolute Gasteiger partial charge is 0.341 e. The van der Waals surface area contributed by atoms with E-state index >= 15 is 0 Å². The van der Waals surface area contributed by atoms with Gasteiger partial charge < -0.3 is 9.84 Å². The van der Waals surface area contributed by atoms with Crippen LogP contribution in [0.25, 0.3) is 0 Å². The number of carbonyl (C=O) groups is 1. The fraction of sp³-hybridized carbons (Fsp3) is 0.381. The van der Waals surface area contributed by atoms with Crippen LogP contribution in [0.1, 0.15) is 54.4 Å². The number of aryl methyl sites for hydroxylation is 1. The number of hydrogen-bond acceptors (Lipinski definition) is 3. The maximum atomic E-state index is 11.8. The summed E-state index contributed by atoms with van der Waals surface area (Å²) in [5.41, 5.74) is 1.65. The number of unbranched alkanes of at least 4 members (excludes halogenated alkanes) is 5. The first-order valence-corrected chi connectivity index (χ1v) is 8.76. The second-order valence-electron chi connectivity index (χ2n) is 6.01. The molecule has 0 bridgehead atoms. The highest BCUT2D eigenvalue weighted by atomic mass is 16.5. The van der Waals surface area contributed by atoms with Gasteiger partial charge in [0.15, 0.2) is 0 Å². The van der Waals surface area contributed by atoms with Gasteiger partial charge in [-0.15, -0.1) is 0 Å². The van der Waals surface area contributed by atoms with E-state index in [0.29, 0.717) is 6.61 Å². The minimum Gasteiger partial charge on any atom is -0.507 e. The van der Waals surface area contributed by atoms with Crippen LogP contribution in [0.15, 0.2) is 54.6 Å². The Labute approximate surface area is 144 Å². The van der Waals surface area contributed by atoms with Crippen molar-refractivity contribution >= 4 is 5.97 Å². The number of carbonyl (C=O) groups excluding carboxylic acids is 1. The maximum Gasteiger partial charge on any atom is 0.341 e. The molecular formula is C21H26O3. The third-order valence-corrected chi connectivity index (χ3v) is 4.06. The number of aromatic hydroxyl groups is 1. The van der Waals surface area contributed by atoms with Gasteiger partial charge in [0, 0.05) is 0 Å². The molecule has 2 aromatic carbocycles. The molecule has 128 valence electrons. The number of ether oxygens (including phenoxy) is 1. The summed E-state index contributed by atoms with van der Waals surface area (Å²) in [5, 5.41) is 9.59. The van der Waals surface area contributed by atoms with Crippen LogP contribution in [0.3, 0.4) is 0 Å².